The Hall–Kier alpha value is -1.38. The molecule has 0 aliphatic heterocycles. The summed E-state index contributed by atoms with van der Waals surface area (Å²) in [5, 5.41) is 6.14. The van der Waals surface area contributed by atoms with Gasteiger partial charge in [-0.25, -0.2) is 0 Å². The first-order valence-electron chi connectivity index (χ1n) is 7.05. The summed E-state index contributed by atoms with van der Waals surface area (Å²) >= 11 is 0. The predicted molar refractivity (Wildman–Crippen MR) is 83.4 cm³/mol. The van der Waals surface area contributed by atoms with Gasteiger partial charge in [-0.05, 0) is 43.3 Å². The highest BCUT2D eigenvalue weighted by atomic mass is 15.1. The van der Waals surface area contributed by atoms with Crippen LogP contribution in [0.4, 0.5) is 0 Å². The first-order chi connectivity index (χ1) is 9.16. The molecule has 1 N–H and O–H groups in total. The van der Waals surface area contributed by atoms with Crippen LogP contribution in [0.15, 0.2) is 42.5 Å². The highest BCUT2D eigenvalue weighted by Gasteiger charge is 2.01. The van der Waals surface area contributed by atoms with E-state index < -0.39 is 0 Å². The Morgan fingerprint density at radius 3 is 2.53 bits per heavy atom. The fourth-order valence-corrected chi connectivity index (χ4v) is 2.10. The van der Waals surface area contributed by atoms with Crippen LogP contribution in [0.3, 0.4) is 0 Å². The topological polar surface area (TPSA) is 15.3 Å². The third-order valence-electron chi connectivity index (χ3n) is 3.67. The molecule has 2 aromatic rings. The largest absolute Gasteiger partial charge is 0.311 e. The van der Waals surface area contributed by atoms with Crippen molar-refractivity contribution < 1.29 is 0 Å². The quantitative estimate of drug-likeness (QED) is 0.798. The van der Waals surface area contributed by atoms with E-state index in [1.165, 1.54) is 16.3 Å². The molecule has 0 saturated carbocycles. The van der Waals surface area contributed by atoms with Crippen molar-refractivity contribution in [2.45, 2.75) is 26.4 Å². The first-order valence-corrected chi connectivity index (χ1v) is 7.05. The van der Waals surface area contributed by atoms with E-state index in [-0.39, 0.29) is 0 Å². The van der Waals surface area contributed by atoms with Crippen molar-refractivity contribution in [1.82, 2.24) is 10.2 Å². The van der Waals surface area contributed by atoms with Crippen LogP contribution >= 0.6 is 0 Å². The molecular formula is C17H24N2. The molecule has 0 fully saturated rings. The van der Waals surface area contributed by atoms with Crippen LogP contribution in [0.1, 0.15) is 19.4 Å². The second kappa shape index (κ2) is 6.69. The second-order valence-corrected chi connectivity index (χ2v) is 5.43. The monoisotopic (exact) mass is 256 g/mol. The van der Waals surface area contributed by atoms with Gasteiger partial charge in [-0.3, -0.25) is 0 Å². The molecule has 0 radical (unpaired) electrons. The van der Waals surface area contributed by atoms with Crippen LogP contribution in [-0.2, 0) is 6.54 Å². The molecule has 0 spiro atoms. The molecule has 0 amide bonds. The van der Waals surface area contributed by atoms with Gasteiger partial charge >= 0.3 is 0 Å². The lowest BCUT2D eigenvalue weighted by Gasteiger charge is -2.20. The smallest absolute Gasteiger partial charge is 0.0206 e. The average molecular weight is 256 g/mol. The lowest BCUT2D eigenvalue weighted by molar-refractivity contribution is 0.273. The van der Waals surface area contributed by atoms with Gasteiger partial charge in [-0.1, -0.05) is 36.4 Å². The van der Waals surface area contributed by atoms with E-state index in [4.69, 9.17) is 0 Å². The Morgan fingerprint density at radius 1 is 1.05 bits per heavy atom. The Kier molecular flexibility index (Phi) is 4.94. The number of rotatable bonds is 6. The summed E-state index contributed by atoms with van der Waals surface area (Å²) in [5.74, 6) is 0. The van der Waals surface area contributed by atoms with Gasteiger partial charge in [0, 0.05) is 25.7 Å². The molecule has 0 saturated heterocycles. The zero-order valence-corrected chi connectivity index (χ0v) is 12.2. The van der Waals surface area contributed by atoms with Crippen molar-refractivity contribution >= 4 is 10.8 Å². The van der Waals surface area contributed by atoms with E-state index in [1.54, 1.807) is 0 Å². The van der Waals surface area contributed by atoms with E-state index in [1.807, 2.05) is 0 Å². The number of benzene rings is 2. The molecule has 102 valence electrons. The molecule has 19 heavy (non-hydrogen) atoms. The predicted octanol–water partition coefficient (Wildman–Crippen LogP) is 3.27. The number of fused-ring (bicyclic) bond motifs is 1. The van der Waals surface area contributed by atoms with Crippen molar-refractivity contribution in [3.63, 3.8) is 0 Å². The zero-order valence-electron chi connectivity index (χ0n) is 12.2. The van der Waals surface area contributed by atoms with Crippen molar-refractivity contribution in [2.24, 2.45) is 0 Å². The van der Waals surface area contributed by atoms with Crippen LogP contribution < -0.4 is 5.32 Å². The molecule has 0 aliphatic rings. The Balaban J connectivity index is 1.85. The summed E-state index contributed by atoms with van der Waals surface area (Å²) in [4.78, 5) is 2.35. The highest BCUT2D eigenvalue weighted by molar-refractivity contribution is 5.82. The minimum absolute atomic E-state index is 0.613. The summed E-state index contributed by atoms with van der Waals surface area (Å²) in [6.07, 6.45) is 0. The number of nitrogens with zero attached hydrogens (tertiary/aromatic N) is 1. The molecule has 0 aromatic heterocycles. The minimum Gasteiger partial charge on any atom is -0.311 e. The molecule has 0 atom stereocenters. The van der Waals surface area contributed by atoms with Gasteiger partial charge in [0.25, 0.3) is 0 Å². The molecule has 0 aliphatic carbocycles. The van der Waals surface area contributed by atoms with Gasteiger partial charge in [0.2, 0.25) is 0 Å². The molecule has 0 bridgehead atoms. The number of hydrogen-bond acceptors (Lipinski definition) is 2. The van der Waals surface area contributed by atoms with Gasteiger partial charge in [0.1, 0.15) is 0 Å². The van der Waals surface area contributed by atoms with Gasteiger partial charge in [-0.15, -0.1) is 0 Å². The number of likely N-dealkylation sites (N-methyl/N-ethyl adjacent to an activating group) is 1. The van der Waals surface area contributed by atoms with Gasteiger partial charge < -0.3 is 10.2 Å². The van der Waals surface area contributed by atoms with E-state index in [0.29, 0.717) is 6.04 Å². The van der Waals surface area contributed by atoms with Gasteiger partial charge in [0.15, 0.2) is 0 Å². The third-order valence-corrected chi connectivity index (χ3v) is 3.67. The van der Waals surface area contributed by atoms with E-state index >= 15 is 0 Å². The molecule has 2 aromatic carbocycles. The second-order valence-electron chi connectivity index (χ2n) is 5.43. The van der Waals surface area contributed by atoms with Crippen LogP contribution in [0, 0.1) is 0 Å². The van der Waals surface area contributed by atoms with Gasteiger partial charge in [0.05, 0.1) is 0 Å². The zero-order chi connectivity index (χ0) is 13.7. The van der Waals surface area contributed by atoms with Crippen LogP contribution in [-0.4, -0.2) is 31.1 Å². The lowest BCUT2D eigenvalue weighted by Crippen LogP contribution is -2.33. The standard InChI is InChI=1S/C17H24N2/c1-14(2)19(3)11-10-18-13-15-8-9-16-6-4-5-7-17(16)12-15/h4-9,12,14,18H,10-11,13H2,1-3H3. The maximum Gasteiger partial charge on any atom is 0.0206 e. The summed E-state index contributed by atoms with van der Waals surface area (Å²) < 4.78 is 0. The Bertz CT molecular complexity index is 519. The molecule has 2 heteroatoms. The maximum atomic E-state index is 3.51. The normalized spacial score (nSPS) is 11.6. The summed E-state index contributed by atoms with van der Waals surface area (Å²) in [7, 11) is 2.17. The summed E-state index contributed by atoms with van der Waals surface area (Å²) in [6.45, 7) is 7.51. The highest BCUT2D eigenvalue weighted by Crippen LogP contribution is 2.15. The molecule has 2 rings (SSSR count). The van der Waals surface area contributed by atoms with Crippen LogP contribution in [0.25, 0.3) is 10.8 Å². The maximum absolute atomic E-state index is 3.51. The lowest BCUT2D eigenvalue weighted by atomic mass is 10.1. The third kappa shape index (κ3) is 4.05. The van der Waals surface area contributed by atoms with E-state index in [2.05, 4.69) is 73.6 Å². The summed E-state index contributed by atoms with van der Waals surface area (Å²) in [5.41, 5.74) is 1.35. The van der Waals surface area contributed by atoms with Crippen LogP contribution in [0.5, 0.6) is 0 Å². The first kappa shape index (κ1) is 14.0. The summed E-state index contributed by atoms with van der Waals surface area (Å²) in [6, 6.07) is 15.8. The minimum atomic E-state index is 0.613. The van der Waals surface area contributed by atoms with E-state index in [0.717, 1.165) is 19.6 Å². The fraction of sp³-hybridized carbons (Fsp3) is 0.412. The average Bonchev–Trinajstić information content (AvgIpc) is 2.43. The van der Waals surface area contributed by atoms with Crippen LogP contribution in [0.2, 0.25) is 0 Å². The van der Waals surface area contributed by atoms with Crippen molar-refractivity contribution in [1.29, 1.82) is 0 Å². The Labute approximate surface area is 116 Å². The number of nitrogens with one attached hydrogen (secondary N) is 1. The van der Waals surface area contributed by atoms with Crippen molar-refractivity contribution in [3.05, 3.63) is 48.0 Å². The van der Waals surface area contributed by atoms with E-state index in [9.17, 15) is 0 Å². The number of hydrogen-bond donors (Lipinski definition) is 1. The molecular weight excluding hydrogens is 232 g/mol. The molecule has 0 heterocycles. The fourth-order valence-electron chi connectivity index (χ4n) is 2.10. The van der Waals surface area contributed by atoms with Crippen molar-refractivity contribution in [2.75, 3.05) is 20.1 Å². The molecule has 0 unspecified atom stereocenters. The van der Waals surface area contributed by atoms with Crippen molar-refractivity contribution in [3.8, 4) is 0 Å². The Morgan fingerprint density at radius 2 is 1.79 bits per heavy atom. The molecule has 2 nitrogen and oxygen atoms in total. The van der Waals surface area contributed by atoms with Gasteiger partial charge in [-0.2, -0.15) is 0 Å². The SMILES string of the molecule is CC(C)N(C)CCNCc1ccc2ccccc2c1.